The summed E-state index contributed by atoms with van der Waals surface area (Å²) in [5.74, 6) is 1.37. The van der Waals surface area contributed by atoms with Crippen molar-refractivity contribution in [2.24, 2.45) is 11.8 Å². The minimum Gasteiger partial charge on any atom is -0.310 e. The predicted octanol–water partition coefficient (Wildman–Crippen LogP) is 24.6. The van der Waals surface area contributed by atoms with E-state index in [1.165, 1.54) is 185 Å². The summed E-state index contributed by atoms with van der Waals surface area (Å²) in [6.45, 7) is 47.1. The number of rotatable bonds is 19. The Morgan fingerprint density at radius 3 is 1.17 bits per heavy atom. The lowest BCUT2D eigenvalue weighted by atomic mass is 9.55. The van der Waals surface area contributed by atoms with E-state index < -0.39 is 0 Å². The van der Waals surface area contributed by atoms with Crippen molar-refractivity contribution in [2.75, 3.05) is 9.80 Å². The Kier molecular flexibility index (Phi) is 18.2. The number of unbranched alkanes of at least 4 members (excludes halogenated alkanes) is 2. The number of fused-ring (bicyclic) bond motifs is 4. The van der Waals surface area contributed by atoms with Gasteiger partial charge in [0.1, 0.15) is 0 Å². The highest BCUT2D eigenvalue weighted by Gasteiger charge is 2.46. The van der Waals surface area contributed by atoms with Crippen LogP contribution in [0.2, 0.25) is 0 Å². The van der Waals surface area contributed by atoms with Crippen LogP contribution in [0.3, 0.4) is 0 Å². The van der Waals surface area contributed by atoms with Crippen molar-refractivity contribution in [3.63, 3.8) is 0 Å². The molecule has 84 heavy (non-hydrogen) atoms. The highest BCUT2D eigenvalue weighted by molar-refractivity contribution is 5.94. The summed E-state index contributed by atoms with van der Waals surface area (Å²) in [7, 11) is 0. The molecule has 8 aromatic rings. The summed E-state index contributed by atoms with van der Waals surface area (Å²) in [5.41, 5.74) is 28.5. The molecule has 1 aliphatic rings. The molecule has 8 aromatic carbocycles. The second kappa shape index (κ2) is 24.5. The van der Waals surface area contributed by atoms with Gasteiger partial charge in [-0.1, -0.05) is 238 Å². The maximum atomic E-state index is 2.57. The number of aryl methyl sites for hydroxylation is 6. The minimum atomic E-state index is -0.236. The Morgan fingerprint density at radius 1 is 0.393 bits per heavy atom. The predicted molar refractivity (Wildman–Crippen MR) is 370 cm³/mol. The number of nitrogens with zero attached hydrogens (tertiary/aromatic N) is 2. The third-order valence-corrected chi connectivity index (χ3v) is 20.1. The molecule has 1 aliphatic carbocycles. The van der Waals surface area contributed by atoms with Crippen LogP contribution in [0.15, 0.2) is 133 Å². The molecule has 0 heterocycles. The molecule has 2 unspecified atom stereocenters. The first-order chi connectivity index (χ1) is 39.7. The van der Waals surface area contributed by atoms with Gasteiger partial charge < -0.3 is 9.80 Å². The smallest absolute Gasteiger partial charge is 0.0520 e. The lowest BCUT2D eigenvalue weighted by molar-refractivity contribution is 0.299. The topological polar surface area (TPSA) is 6.48 Å². The van der Waals surface area contributed by atoms with Gasteiger partial charge in [0.15, 0.2) is 0 Å². The van der Waals surface area contributed by atoms with Gasteiger partial charge in [-0.05, 0) is 231 Å². The van der Waals surface area contributed by atoms with Gasteiger partial charge in [-0.15, -0.1) is 0 Å². The van der Waals surface area contributed by atoms with Crippen molar-refractivity contribution in [1.82, 2.24) is 0 Å². The molecule has 0 N–H and O–H groups in total. The van der Waals surface area contributed by atoms with Gasteiger partial charge in [-0.2, -0.15) is 0 Å². The van der Waals surface area contributed by atoms with Crippen LogP contribution >= 0.6 is 0 Å². The summed E-state index contributed by atoms with van der Waals surface area (Å²) < 4.78 is 0. The summed E-state index contributed by atoms with van der Waals surface area (Å²) >= 11 is 0. The standard InChI is InChI=1S/C82H104N2/c1-21-25-27-59(23-3)47-63-41-54(6)42-73-64(48-60(24-4)28-26-22-2)49-62(50-74(63)73)61-31-35-68(36-32-61)84(78-57(9)45-66(46-58(78)10)80(14,15)16)70-38-40-72-71-39-37-69(51-75(71)81(17,18)82(19,20)76(72)52-70)83(67-33-29-53(5)30-34-67)77-55(7)43-65(44-56(77)8)79(11,12)13/h29-46,49-52,59-60H,21-28,47-48H2,1-20H3. The molecular weight excluding hydrogens is 1010 g/mol. The normalized spacial score (nSPS) is 14.5. The van der Waals surface area contributed by atoms with E-state index in [-0.39, 0.29) is 21.7 Å². The third kappa shape index (κ3) is 12.4. The molecule has 0 aliphatic heterocycles. The van der Waals surface area contributed by atoms with Gasteiger partial charge >= 0.3 is 0 Å². The molecule has 9 rings (SSSR count). The molecule has 0 fully saturated rings. The molecule has 0 saturated heterocycles. The molecule has 2 atom stereocenters. The molecule has 2 heteroatoms. The van der Waals surface area contributed by atoms with Crippen LogP contribution in [0.1, 0.15) is 215 Å². The van der Waals surface area contributed by atoms with Crippen LogP contribution < -0.4 is 9.80 Å². The van der Waals surface area contributed by atoms with Gasteiger partial charge in [-0.3, -0.25) is 0 Å². The van der Waals surface area contributed by atoms with E-state index >= 15 is 0 Å². The molecule has 0 radical (unpaired) electrons. The number of benzene rings is 8. The number of hydrogen-bond donors (Lipinski definition) is 0. The fourth-order valence-electron chi connectivity index (χ4n) is 14.1. The van der Waals surface area contributed by atoms with Crippen LogP contribution in [0, 0.1) is 53.4 Å². The first kappa shape index (κ1) is 62.2. The van der Waals surface area contributed by atoms with Crippen molar-refractivity contribution in [3.8, 4) is 22.3 Å². The van der Waals surface area contributed by atoms with Crippen molar-refractivity contribution < 1.29 is 0 Å². The molecule has 0 aromatic heterocycles. The zero-order valence-corrected chi connectivity index (χ0v) is 55.8. The Morgan fingerprint density at radius 2 is 0.774 bits per heavy atom. The van der Waals surface area contributed by atoms with Crippen molar-refractivity contribution in [3.05, 3.63) is 200 Å². The van der Waals surface area contributed by atoms with E-state index in [0.717, 1.165) is 12.8 Å². The van der Waals surface area contributed by atoms with Crippen LogP contribution in [0.4, 0.5) is 34.1 Å². The lowest BCUT2D eigenvalue weighted by Gasteiger charge is -2.49. The summed E-state index contributed by atoms with van der Waals surface area (Å²) in [6.07, 6.45) is 12.4. The Hall–Kier alpha value is -6.38. The zero-order chi connectivity index (χ0) is 60.8. The molecular formula is C82H104N2. The Labute approximate surface area is 510 Å². The first-order valence-corrected chi connectivity index (χ1v) is 32.6. The Bertz CT molecular complexity index is 3600. The fraction of sp³-hybridized carbons (Fsp3) is 0.439. The van der Waals surface area contributed by atoms with E-state index in [0.29, 0.717) is 11.8 Å². The molecule has 0 bridgehead atoms. The average molecular weight is 1120 g/mol. The van der Waals surface area contributed by atoms with Crippen molar-refractivity contribution in [2.45, 2.75) is 224 Å². The van der Waals surface area contributed by atoms with Crippen LogP contribution in [-0.4, -0.2) is 0 Å². The highest BCUT2D eigenvalue weighted by Crippen LogP contribution is 2.57. The maximum Gasteiger partial charge on any atom is 0.0520 e. The second-order valence-corrected chi connectivity index (χ2v) is 29.1. The van der Waals surface area contributed by atoms with Gasteiger partial charge in [0, 0.05) is 22.7 Å². The minimum absolute atomic E-state index is 0.0261. The SMILES string of the molecule is CCCCC(CC)Cc1cc(-c2ccc(N(c3ccc4c(c3)C(C)(C)C(C)(C)c3cc(N(c5ccc(C)cc5)c5c(C)cc(C(C)(C)C)cc5C)ccc3-4)c3c(C)cc(C(C)(C)C)cc3C)cc2)cc2c(CC(CC)CCCC)cc(C)cc12. The number of anilines is 6. The maximum absolute atomic E-state index is 2.57. The Balaban J connectivity index is 1.19. The van der Waals surface area contributed by atoms with Crippen LogP contribution in [0.5, 0.6) is 0 Å². The van der Waals surface area contributed by atoms with Crippen LogP contribution in [0.25, 0.3) is 33.0 Å². The summed E-state index contributed by atoms with van der Waals surface area (Å²) in [4.78, 5) is 5.09. The van der Waals surface area contributed by atoms with Gasteiger partial charge in [0.2, 0.25) is 0 Å². The molecule has 2 nitrogen and oxygen atoms in total. The monoisotopic (exact) mass is 1120 g/mol. The first-order valence-electron chi connectivity index (χ1n) is 32.6. The van der Waals surface area contributed by atoms with Crippen molar-refractivity contribution >= 4 is 44.9 Å². The van der Waals surface area contributed by atoms with Gasteiger partial charge in [-0.25, -0.2) is 0 Å². The summed E-state index contributed by atoms with van der Waals surface area (Å²) in [6, 6.07) is 53.3. The van der Waals surface area contributed by atoms with E-state index in [1.54, 1.807) is 0 Å². The average Bonchev–Trinajstić information content (AvgIpc) is 1.39. The van der Waals surface area contributed by atoms with E-state index in [9.17, 15) is 0 Å². The van der Waals surface area contributed by atoms with E-state index in [1.807, 2.05) is 0 Å². The van der Waals surface area contributed by atoms with Gasteiger partial charge in [0.25, 0.3) is 0 Å². The molecule has 442 valence electrons. The second-order valence-electron chi connectivity index (χ2n) is 29.1. The molecule has 0 spiro atoms. The van der Waals surface area contributed by atoms with E-state index in [4.69, 9.17) is 0 Å². The van der Waals surface area contributed by atoms with Crippen LogP contribution in [-0.2, 0) is 34.5 Å². The van der Waals surface area contributed by atoms with Gasteiger partial charge in [0.05, 0.1) is 11.4 Å². The molecule has 0 amide bonds. The highest BCUT2D eigenvalue weighted by atomic mass is 15.2. The number of hydrogen-bond acceptors (Lipinski definition) is 2. The largest absolute Gasteiger partial charge is 0.310 e. The zero-order valence-electron chi connectivity index (χ0n) is 55.8. The fourth-order valence-corrected chi connectivity index (χ4v) is 14.1. The molecule has 0 saturated carbocycles. The van der Waals surface area contributed by atoms with E-state index in [2.05, 4.69) is 282 Å². The third-order valence-electron chi connectivity index (χ3n) is 20.1. The summed E-state index contributed by atoms with van der Waals surface area (Å²) in [5, 5.41) is 2.93. The van der Waals surface area contributed by atoms with Crippen molar-refractivity contribution in [1.29, 1.82) is 0 Å². The quantitative estimate of drug-likeness (QED) is 0.0796. The lowest BCUT2D eigenvalue weighted by Crippen LogP contribution is -2.43.